The van der Waals surface area contributed by atoms with Crippen LogP contribution in [0.5, 0.6) is 23.0 Å². The van der Waals surface area contributed by atoms with Crippen LogP contribution in [0, 0.1) is 0 Å². The minimum absolute atomic E-state index is 0.780. The van der Waals surface area contributed by atoms with Gasteiger partial charge in [-0.05, 0) is 98.1 Å². The number of benzene rings is 7. The number of ether oxygens (including phenoxy) is 2. The van der Waals surface area contributed by atoms with Gasteiger partial charge in [-0.25, -0.2) is 0 Å². The van der Waals surface area contributed by atoms with Crippen molar-refractivity contribution in [1.29, 1.82) is 0 Å². The first-order chi connectivity index (χ1) is 22.3. The average molecular weight is 576 g/mol. The van der Waals surface area contributed by atoms with Crippen molar-refractivity contribution < 1.29 is 9.47 Å². The van der Waals surface area contributed by atoms with E-state index in [1.54, 1.807) is 0 Å². The Labute approximate surface area is 261 Å². The number of para-hydroxylation sites is 4. The highest BCUT2D eigenvalue weighted by Crippen LogP contribution is 2.60. The Balaban J connectivity index is 1.20. The van der Waals surface area contributed by atoms with Gasteiger partial charge in [-0.1, -0.05) is 109 Å². The summed E-state index contributed by atoms with van der Waals surface area (Å²) in [5.41, 5.74) is 14.9. The molecule has 2 aliphatic heterocycles. The average Bonchev–Trinajstić information content (AvgIpc) is 3.10. The minimum Gasteiger partial charge on any atom is -0.453 e. The second-order valence-electron chi connectivity index (χ2n) is 11.7. The van der Waals surface area contributed by atoms with Crippen molar-refractivity contribution >= 4 is 17.1 Å². The van der Waals surface area contributed by atoms with E-state index >= 15 is 0 Å². The SMILES string of the molecule is c1ccc2c(c1)Oc1cc(-c3ccc4c(c3)-c3ccccc3-c3ccccc3-c3ccccc3-4)cc3c1N2c1ccccc1O3. The lowest BCUT2D eigenvalue weighted by molar-refractivity contribution is 0.446. The van der Waals surface area contributed by atoms with E-state index in [-0.39, 0.29) is 0 Å². The van der Waals surface area contributed by atoms with Gasteiger partial charge in [-0.2, -0.15) is 0 Å². The first kappa shape index (κ1) is 24.4. The van der Waals surface area contributed by atoms with Gasteiger partial charge in [0.25, 0.3) is 0 Å². The van der Waals surface area contributed by atoms with Crippen LogP contribution in [0.2, 0.25) is 0 Å². The Morgan fingerprint density at radius 2 is 0.711 bits per heavy atom. The summed E-state index contributed by atoms with van der Waals surface area (Å²) in [6, 6.07) is 53.8. The summed E-state index contributed by atoms with van der Waals surface area (Å²) >= 11 is 0. The molecule has 0 amide bonds. The fourth-order valence-electron chi connectivity index (χ4n) is 7.23. The number of rotatable bonds is 1. The minimum atomic E-state index is 0.780. The predicted octanol–water partition coefficient (Wildman–Crippen LogP) is 12.0. The summed E-state index contributed by atoms with van der Waals surface area (Å²) in [5, 5.41) is 0. The molecule has 0 saturated carbocycles. The molecule has 0 radical (unpaired) electrons. The van der Waals surface area contributed by atoms with Crippen molar-refractivity contribution in [3.63, 3.8) is 0 Å². The zero-order valence-corrected chi connectivity index (χ0v) is 24.2. The molecule has 0 N–H and O–H groups in total. The summed E-state index contributed by atoms with van der Waals surface area (Å²) in [5.74, 6) is 3.21. The molecule has 0 aromatic heterocycles. The smallest absolute Gasteiger partial charge is 0.156 e. The van der Waals surface area contributed by atoms with Gasteiger partial charge in [0.1, 0.15) is 5.69 Å². The molecule has 0 atom stereocenters. The molecule has 3 nitrogen and oxygen atoms in total. The van der Waals surface area contributed by atoms with Gasteiger partial charge < -0.3 is 9.47 Å². The number of nitrogens with zero attached hydrogens (tertiary/aromatic N) is 1. The van der Waals surface area contributed by atoms with Crippen molar-refractivity contribution in [2.45, 2.75) is 0 Å². The van der Waals surface area contributed by atoms with Crippen molar-refractivity contribution in [2.75, 3.05) is 4.90 Å². The Kier molecular flexibility index (Phi) is 5.00. The molecule has 45 heavy (non-hydrogen) atoms. The van der Waals surface area contributed by atoms with Crippen LogP contribution in [-0.4, -0.2) is 0 Å². The molecular weight excluding hydrogens is 550 g/mol. The highest BCUT2D eigenvalue weighted by Gasteiger charge is 2.35. The van der Waals surface area contributed by atoms with E-state index < -0.39 is 0 Å². The highest BCUT2D eigenvalue weighted by molar-refractivity contribution is 6.04. The molecule has 0 fully saturated rings. The van der Waals surface area contributed by atoms with Gasteiger partial charge in [0.15, 0.2) is 23.0 Å². The molecule has 10 rings (SSSR count). The third-order valence-electron chi connectivity index (χ3n) is 9.21. The van der Waals surface area contributed by atoms with Crippen molar-refractivity contribution in [2.24, 2.45) is 0 Å². The fourth-order valence-corrected chi connectivity index (χ4v) is 7.23. The van der Waals surface area contributed by atoms with Gasteiger partial charge in [0, 0.05) is 0 Å². The summed E-state index contributed by atoms with van der Waals surface area (Å²) < 4.78 is 13.1. The van der Waals surface area contributed by atoms with E-state index in [1.807, 2.05) is 36.4 Å². The van der Waals surface area contributed by atoms with Crippen LogP contribution in [0.3, 0.4) is 0 Å². The number of fused-ring (bicyclic) bond motifs is 12. The second-order valence-corrected chi connectivity index (χ2v) is 11.7. The van der Waals surface area contributed by atoms with Gasteiger partial charge in [-0.3, -0.25) is 4.90 Å². The van der Waals surface area contributed by atoms with Crippen molar-refractivity contribution in [3.05, 3.63) is 152 Å². The largest absolute Gasteiger partial charge is 0.453 e. The predicted molar refractivity (Wildman–Crippen MR) is 182 cm³/mol. The number of hydrogen-bond donors (Lipinski definition) is 0. The molecule has 0 spiro atoms. The van der Waals surface area contributed by atoms with Gasteiger partial charge >= 0.3 is 0 Å². The molecule has 0 unspecified atom stereocenters. The van der Waals surface area contributed by atoms with Crippen LogP contribution >= 0.6 is 0 Å². The van der Waals surface area contributed by atoms with Crippen LogP contribution < -0.4 is 14.4 Å². The third kappa shape index (κ3) is 3.52. The zero-order valence-electron chi connectivity index (χ0n) is 24.2. The Morgan fingerprint density at radius 3 is 1.20 bits per heavy atom. The van der Waals surface area contributed by atoms with E-state index in [4.69, 9.17) is 9.47 Å². The summed E-state index contributed by atoms with van der Waals surface area (Å²) in [6.07, 6.45) is 0. The maximum absolute atomic E-state index is 6.57. The zero-order chi connectivity index (χ0) is 29.5. The van der Waals surface area contributed by atoms with Crippen LogP contribution in [0.4, 0.5) is 17.1 Å². The molecule has 2 heterocycles. The van der Waals surface area contributed by atoms with Crippen LogP contribution in [-0.2, 0) is 0 Å². The fraction of sp³-hybridized carbons (Fsp3) is 0. The Bertz CT molecular complexity index is 2280. The van der Waals surface area contributed by atoms with E-state index in [1.165, 1.54) is 44.5 Å². The topological polar surface area (TPSA) is 21.7 Å². The van der Waals surface area contributed by atoms with Crippen LogP contribution in [0.15, 0.2) is 152 Å². The molecule has 7 aromatic rings. The van der Waals surface area contributed by atoms with Gasteiger partial charge in [0.2, 0.25) is 0 Å². The van der Waals surface area contributed by atoms with E-state index in [0.29, 0.717) is 0 Å². The highest BCUT2D eigenvalue weighted by atomic mass is 16.5. The standard InChI is InChI=1S/C42H25NO2/c1-2-12-29-28(11-1)30-13-3-4-15-32(30)34-22-21-26(23-35(34)33-16-6-5-14-31(29)33)27-24-40-42-41(25-27)45-39-20-10-8-18-37(39)43(42)36-17-7-9-19-38(36)44-40/h1-25H. The van der Waals surface area contributed by atoms with E-state index in [2.05, 4.69) is 120 Å². The molecular formula is C42H25NO2. The molecule has 3 aliphatic rings. The van der Waals surface area contributed by atoms with E-state index in [9.17, 15) is 0 Å². The molecule has 0 saturated heterocycles. The van der Waals surface area contributed by atoms with Crippen LogP contribution in [0.1, 0.15) is 0 Å². The maximum Gasteiger partial charge on any atom is 0.156 e. The molecule has 1 aliphatic carbocycles. The number of hydrogen-bond acceptors (Lipinski definition) is 3. The number of anilines is 3. The van der Waals surface area contributed by atoms with Crippen LogP contribution in [0.25, 0.3) is 55.6 Å². The van der Waals surface area contributed by atoms with Crippen molar-refractivity contribution in [3.8, 4) is 78.6 Å². The van der Waals surface area contributed by atoms with Gasteiger partial charge in [0.05, 0.1) is 11.4 Å². The second kappa shape index (κ2) is 9.22. The normalized spacial score (nSPS) is 12.8. The molecule has 0 bridgehead atoms. The van der Waals surface area contributed by atoms with Crippen molar-refractivity contribution in [1.82, 2.24) is 0 Å². The van der Waals surface area contributed by atoms with E-state index in [0.717, 1.165) is 51.2 Å². The summed E-state index contributed by atoms with van der Waals surface area (Å²) in [7, 11) is 0. The molecule has 7 aromatic carbocycles. The maximum atomic E-state index is 6.57. The monoisotopic (exact) mass is 575 g/mol. The summed E-state index contributed by atoms with van der Waals surface area (Å²) in [4.78, 5) is 2.26. The lowest BCUT2D eigenvalue weighted by Crippen LogP contribution is -2.20. The lowest BCUT2D eigenvalue weighted by Gasteiger charge is -2.38. The molecule has 210 valence electrons. The van der Waals surface area contributed by atoms with Gasteiger partial charge in [-0.15, -0.1) is 0 Å². The third-order valence-corrected chi connectivity index (χ3v) is 9.21. The quantitative estimate of drug-likeness (QED) is 0.194. The first-order valence-corrected chi connectivity index (χ1v) is 15.3. The lowest BCUT2D eigenvalue weighted by atomic mass is 9.80. The molecule has 3 heteroatoms. The first-order valence-electron chi connectivity index (χ1n) is 15.3. The summed E-state index contributed by atoms with van der Waals surface area (Å²) in [6.45, 7) is 0. The Hall–Kier alpha value is -6.06. The Morgan fingerprint density at radius 1 is 0.311 bits per heavy atom.